The Morgan fingerprint density at radius 1 is 1.00 bits per heavy atom. The molecular weight excluding hydrogens is 242 g/mol. The lowest BCUT2D eigenvalue weighted by Crippen LogP contribution is -2.63. The van der Waals surface area contributed by atoms with Crippen LogP contribution < -0.4 is 0 Å². The molecule has 1 N–H and O–H groups in total. The highest BCUT2D eigenvalue weighted by atomic mass is 16.8. The first kappa shape index (κ1) is 14.9. The van der Waals surface area contributed by atoms with Gasteiger partial charge in [-0.15, -0.1) is 0 Å². The van der Waals surface area contributed by atoms with Crippen molar-refractivity contribution in [1.29, 1.82) is 0 Å². The van der Waals surface area contributed by atoms with E-state index < -0.39 is 5.79 Å². The predicted octanol–water partition coefficient (Wildman–Crippen LogP) is 2.79. The van der Waals surface area contributed by atoms with Gasteiger partial charge in [0.15, 0.2) is 5.79 Å². The number of hydrogen-bond donors (Lipinski definition) is 1. The highest BCUT2D eigenvalue weighted by molar-refractivity contribution is 5.81. The normalized spacial score (nSPS) is 30.3. The maximum Gasteiger partial charge on any atom is 0.185 e. The summed E-state index contributed by atoms with van der Waals surface area (Å²) < 4.78 is 0. The zero-order chi connectivity index (χ0) is 14.3. The lowest BCUT2D eigenvalue weighted by molar-refractivity contribution is -0.392. The third-order valence-electron chi connectivity index (χ3n) is 4.26. The summed E-state index contributed by atoms with van der Waals surface area (Å²) in [5, 5.41) is 12.5. The second-order valence-corrected chi connectivity index (χ2v) is 7.41. The summed E-state index contributed by atoms with van der Waals surface area (Å²) in [5.41, 5.74) is -0.738. The molecule has 4 nitrogen and oxygen atoms in total. The maximum absolute atomic E-state index is 11.9. The molecule has 4 heteroatoms. The van der Waals surface area contributed by atoms with E-state index >= 15 is 0 Å². The van der Waals surface area contributed by atoms with Crippen molar-refractivity contribution in [3.05, 3.63) is 0 Å². The number of piperidine rings is 1. The van der Waals surface area contributed by atoms with Gasteiger partial charge in [0.05, 0.1) is 0 Å². The van der Waals surface area contributed by atoms with Gasteiger partial charge in [0.2, 0.25) is 0 Å². The number of Topliss-reactive ketones (excluding diaryl/α,β-unsaturated/α-hetero) is 1. The molecule has 2 fully saturated rings. The number of aliphatic hydroxyl groups is 1. The molecule has 0 unspecified atom stereocenters. The van der Waals surface area contributed by atoms with Crippen molar-refractivity contribution in [3.63, 3.8) is 0 Å². The predicted molar refractivity (Wildman–Crippen MR) is 73.4 cm³/mol. The Labute approximate surface area is 116 Å². The van der Waals surface area contributed by atoms with E-state index in [4.69, 9.17) is 4.84 Å². The van der Waals surface area contributed by atoms with Gasteiger partial charge in [0, 0.05) is 36.8 Å². The van der Waals surface area contributed by atoms with Crippen molar-refractivity contribution in [2.24, 2.45) is 0 Å². The van der Waals surface area contributed by atoms with Crippen molar-refractivity contribution in [1.82, 2.24) is 5.06 Å². The topological polar surface area (TPSA) is 49.8 Å². The number of hydroxylamine groups is 2. The molecular formula is C15H27NO3. The van der Waals surface area contributed by atoms with E-state index in [1.807, 2.05) is 32.8 Å². The molecule has 19 heavy (non-hydrogen) atoms. The summed E-state index contributed by atoms with van der Waals surface area (Å²) in [6.45, 7) is 8.05. The van der Waals surface area contributed by atoms with E-state index in [-0.39, 0.29) is 16.9 Å². The zero-order valence-electron chi connectivity index (χ0n) is 12.7. The van der Waals surface area contributed by atoms with Crippen LogP contribution in [0.5, 0.6) is 0 Å². The molecule has 0 atom stereocenters. The summed E-state index contributed by atoms with van der Waals surface area (Å²) in [5.74, 6) is -0.779. The standard InChI is InChI=1S/C15H27NO3/c1-13(2)10-12(17)11-14(3,4)16(13)19-15(18)8-6-5-7-9-15/h18H,5-11H2,1-4H3. The second-order valence-electron chi connectivity index (χ2n) is 7.41. The number of nitrogens with zero attached hydrogens (tertiary/aromatic N) is 1. The Balaban J connectivity index is 2.18. The Bertz CT molecular complexity index is 336. The first-order valence-electron chi connectivity index (χ1n) is 7.38. The van der Waals surface area contributed by atoms with Crippen LogP contribution in [0, 0.1) is 0 Å². The monoisotopic (exact) mass is 269 g/mol. The molecule has 1 saturated heterocycles. The molecule has 1 aliphatic heterocycles. The van der Waals surface area contributed by atoms with Crippen LogP contribution in [-0.2, 0) is 9.63 Å². The van der Waals surface area contributed by atoms with Crippen LogP contribution in [-0.4, -0.2) is 32.8 Å². The van der Waals surface area contributed by atoms with E-state index in [2.05, 4.69) is 0 Å². The van der Waals surface area contributed by atoms with Gasteiger partial charge >= 0.3 is 0 Å². The molecule has 0 spiro atoms. The largest absolute Gasteiger partial charge is 0.364 e. The molecule has 0 radical (unpaired) electrons. The Kier molecular flexibility index (Phi) is 3.80. The molecule has 1 heterocycles. The van der Waals surface area contributed by atoms with Crippen LogP contribution in [0.2, 0.25) is 0 Å². The fourth-order valence-corrected chi connectivity index (χ4v) is 3.60. The quantitative estimate of drug-likeness (QED) is 0.783. The van der Waals surface area contributed by atoms with E-state index in [0.29, 0.717) is 25.7 Å². The van der Waals surface area contributed by atoms with E-state index in [0.717, 1.165) is 19.3 Å². The van der Waals surface area contributed by atoms with Crippen molar-refractivity contribution in [2.75, 3.05) is 0 Å². The smallest absolute Gasteiger partial charge is 0.185 e. The lowest BCUT2D eigenvalue weighted by Gasteiger charge is -2.53. The number of carbonyl (C=O) groups excluding carboxylic acids is 1. The van der Waals surface area contributed by atoms with Gasteiger partial charge in [-0.1, -0.05) is 6.42 Å². The number of carbonyl (C=O) groups is 1. The maximum atomic E-state index is 11.9. The average molecular weight is 269 g/mol. The Morgan fingerprint density at radius 3 is 1.95 bits per heavy atom. The first-order chi connectivity index (χ1) is 8.65. The molecule has 0 bridgehead atoms. The van der Waals surface area contributed by atoms with Gasteiger partial charge in [-0.05, 0) is 40.5 Å². The summed E-state index contributed by atoms with van der Waals surface area (Å²) in [6, 6.07) is 0. The van der Waals surface area contributed by atoms with Crippen LogP contribution >= 0.6 is 0 Å². The molecule has 0 aromatic carbocycles. The number of hydrogen-bond acceptors (Lipinski definition) is 4. The second kappa shape index (κ2) is 4.83. The summed E-state index contributed by atoms with van der Waals surface area (Å²) in [4.78, 5) is 17.9. The molecule has 1 saturated carbocycles. The average Bonchev–Trinajstić information content (AvgIpc) is 2.23. The minimum atomic E-state index is -1.05. The molecule has 0 amide bonds. The Morgan fingerprint density at radius 2 is 1.47 bits per heavy atom. The minimum absolute atomic E-state index is 0.269. The van der Waals surface area contributed by atoms with Gasteiger partial charge in [-0.2, -0.15) is 5.06 Å². The summed E-state index contributed by atoms with van der Waals surface area (Å²) in [7, 11) is 0. The van der Waals surface area contributed by atoms with Gasteiger partial charge in [-0.25, -0.2) is 0 Å². The highest BCUT2D eigenvalue weighted by Gasteiger charge is 2.49. The number of ketones is 1. The van der Waals surface area contributed by atoms with Crippen LogP contribution in [0.4, 0.5) is 0 Å². The van der Waals surface area contributed by atoms with Crippen LogP contribution in [0.3, 0.4) is 0 Å². The minimum Gasteiger partial charge on any atom is -0.364 e. The molecule has 2 rings (SSSR count). The van der Waals surface area contributed by atoms with Crippen molar-refractivity contribution in [2.45, 2.75) is 89.5 Å². The molecule has 0 aromatic rings. The summed E-state index contributed by atoms with van der Waals surface area (Å²) >= 11 is 0. The molecule has 1 aliphatic carbocycles. The van der Waals surface area contributed by atoms with E-state index in [9.17, 15) is 9.90 Å². The lowest BCUT2D eigenvalue weighted by atomic mass is 9.81. The zero-order valence-corrected chi connectivity index (χ0v) is 12.7. The van der Waals surface area contributed by atoms with Gasteiger partial charge < -0.3 is 5.11 Å². The molecule has 2 aliphatic rings. The van der Waals surface area contributed by atoms with Crippen molar-refractivity contribution in [3.8, 4) is 0 Å². The van der Waals surface area contributed by atoms with Crippen LogP contribution in [0.25, 0.3) is 0 Å². The van der Waals surface area contributed by atoms with E-state index in [1.54, 1.807) is 0 Å². The molecule has 110 valence electrons. The molecule has 0 aromatic heterocycles. The first-order valence-corrected chi connectivity index (χ1v) is 7.38. The fraction of sp³-hybridized carbons (Fsp3) is 0.933. The third kappa shape index (κ3) is 3.18. The van der Waals surface area contributed by atoms with E-state index in [1.165, 1.54) is 0 Å². The SMILES string of the molecule is CC1(C)CC(=O)CC(C)(C)N1OC1(O)CCCCC1. The van der Waals surface area contributed by atoms with Gasteiger partial charge in [-0.3, -0.25) is 9.63 Å². The van der Waals surface area contributed by atoms with Crippen LogP contribution in [0.15, 0.2) is 0 Å². The van der Waals surface area contributed by atoms with Crippen LogP contribution in [0.1, 0.15) is 72.6 Å². The summed E-state index contributed by atoms with van der Waals surface area (Å²) in [6.07, 6.45) is 5.50. The van der Waals surface area contributed by atoms with Crippen molar-refractivity contribution >= 4 is 5.78 Å². The Hall–Kier alpha value is -0.450. The fourth-order valence-electron chi connectivity index (χ4n) is 3.60. The third-order valence-corrected chi connectivity index (χ3v) is 4.26. The highest BCUT2D eigenvalue weighted by Crippen LogP contribution is 2.41. The van der Waals surface area contributed by atoms with Crippen molar-refractivity contribution < 1.29 is 14.7 Å². The van der Waals surface area contributed by atoms with Gasteiger partial charge in [0.1, 0.15) is 5.78 Å². The number of rotatable bonds is 2. The van der Waals surface area contributed by atoms with Gasteiger partial charge in [0.25, 0.3) is 0 Å².